The highest BCUT2D eigenvalue weighted by Crippen LogP contribution is 2.24. The van der Waals surface area contributed by atoms with Crippen LogP contribution in [0.5, 0.6) is 11.5 Å². The first-order valence-electron chi connectivity index (χ1n) is 6.20. The van der Waals surface area contributed by atoms with Crippen molar-refractivity contribution in [3.05, 3.63) is 47.5 Å². The molecule has 3 N–H and O–H groups in total. The molecule has 0 aliphatic rings. The van der Waals surface area contributed by atoms with Crippen molar-refractivity contribution >= 4 is 28.9 Å². The number of hydrogen-bond donors (Lipinski definition) is 2. The molecule has 0 heterocycles. The molecule has 2 aromatic rings. The fourth-order valence-electron chi connectivity index (χ4n) is 1.64. The number of rotatable bonds is 5. The summed E-state index contributed by atoms with van der Waals surface area (Å²) in [5.41, 5.74) is 6.70. The molecule has 0 spiro atoms. The molecule has 0 bridgehead atoms. The molecule has 0 saturated carbocycles. The van der Waals surface area contributed by atoms with Gasteiger partial charge >= 0.3 is 0 Å². The lowest BCUT2D eigenvalue weighted by Gasteiger charge is -2.09. The van der Waals surface area contributed by atoms with Crippen LogP contribution in [0, 0.1) is 0 Å². The van der Waals surface area contributed by atoms with Gasteiger partial charge in [-0.05, 0) is 24.3 Å². The Balaban J connectivity index is 1.90. The molecule has 0 aliphatic heterocycles. The third-order valence-corrected chi connectivity index (χ3v) is 3.02. The first-order chi connectivity index (χ1) is 10.1. The minimum absolute atomic E-state index is 0.128. The number of amides is 1. The first-order valence-corrected chi connectivity index (χ1v) is 6.58. The Morgan fingerprint density at radius 1 is 1.24 bits per heavy atom. The summed E-state index contributed by atoms with van der Waals surface area (Å²) in [4.78, 5) is 11.8. The number of carbonyl (C=O) groups excluding carboxylic acids is 1. The minimum atomic E-state index is -0.281. The third kappa shape index (κ3) is 4.29. The van der Waals surface area contributed by atoms with Gasteiger partial charge < -0.3 is 20.5 Å². The molecule has 1 amide bonds. The van der Waals surface area contributed by atoms with Crippen LogP contribution < -0.4 is 20.5 Å². The first kappa shape index (κ1) is 15.0. The number of nitrogen functional groups attached to an aromatic ring is 1. The van der Waals surface area contributed by atoms with E-state index in [1.165, 1.54) is 0 Å². The number of ether oxygens (including phenoxy) is 2. The van der Waals surface area contributed by atoms with Gasteiger partial charge in [-0.25, -0.2) is 0 Å². The highest BCUT2D eigenvalue weighted by atomic mass is 35.5. The third-order valence-electron chi connectivity index (χ3n) is 2.70. The molecule has 0 fully saturated rings. The average molecular weight is 307 g/mol. The number of halogens is 1. The quantitative estimate of drug-likeness (QED) is 0.833. The summed E-state index contributed by atoms with van der Waals surface area (Å²) in [6.07, 6.45) is 0. The summed E-state index contributed by atoms with van der Waals surface area (Å²) in [6, 6.07) is 11.9. The van der Waals surface area contributed by atoms with E-state index >= 15 is 0 Å². The zero-order chi connectivity index (χ0) is 15.2. The van der Waals surface area contributed by atoms with Gasteiger partial charge in [0, 0.05) is 17.8 Å². The van der Waals surface area contributed by atoms with Crippen LogP contribution in [-0.4, -0.2) is 19.6 Å². The monoisotopic (exact) mass is 306 g/mol. The fraction of sp³-hybridized carbons (Fsp3) is 0.133. The molecule has 6 heteroatoms. The van der Waals surface area contributed by atoms with E-state index in [0.29, 0.717) is 27.9 Å². The second-order valence-electron chi connectivity index (χ2n) is 4.25. The standard InChI is InChI=1S/C15H15ClN2O3/c1-20-11-4-2-3-10(7-11)18-15(19)9-21-12-5-6-14(17)13(16)8-12/h2-8H,9,17H2,1H3,(H,18,19). The van der Waals surface area contributed by atoms with E-state index in [-0.39, 0.29) is 12.5 Å². The van der Waals surface area contributed by atoms with E-state index in [1.54, 1.807) is 49.6 Å². The predicted molar refractivity (Wildman–Crippen MR) is 83.0 cm³/mol. The number of nitrogens with one attached hydrogen (secondary N) is 1. The van der Waals surface area contributed by atoms with Gasteiger partial charge in [-0.15, -0.1) is 0 Å². The molecule has 0 aliphatic carbocycles. The maximum absolute atomic E-state index is 11.8. The van der Waals surface area contributed by atoms with Crippen molar-refractivity contribution in [2.75, 3.05) is 24.8 Å². The van der Waals surface area contributed by atoms with Gasteiger partial charge in [0.1, 0.15) is 11.5 Å². The number of carbonyl (C=O) groups is 1. The lowest BCUT2D eigenvalue weighted by Crippen LogP contribution is -2.20. The van der Waals surface area contributed by atoms with E-state index in [2.05, 4.69) is 5.32 Å². The number of nitrogens with two attached hydrogens (primary N) is 1. The summed E-state index contributed by atoms with van der Waals surface area (Å²) in [5.74, 6) is 0.866. The van der Waals surface area contributed by atoms with Gasteiger partial charge in [-0.1, -0.05) is 17.7 Å². The molecule has 0 unspecified atom stereocenters. The normalized spacial score (nSPS) is 10.0. The van der Waals surface area contributed by atoms with Crippen LogP contribution in [0.2, 0.25) is 5.02 Å². The number of anilines is 2. The van der Waals surface area contributed by atoms with Crippen molar-refractivity contribution in [2.45, 2.75) is 0 Å². The van der Waals surface area contributed by atoms with Gasteiger partial charge in [0.05, 0.1) is 17.8 Å². The Bertz CT molecular complexity index is 647. The van der Waals surface area contributed by atoms with E-state index in [1.807, 2.05) is 0 Å². The zero-order valence-electron chi connectivity index (χ0n) is 11.4. The van der Waals surface area contributed by atoms with E-state index in [0.717, 1.165) is 0 Å². The van der Waals surface area contributed by atoms with Gasteiger partial charge in [-0.3, -0.25) is 4.79 Å². The summed E-state index contributed by atoms with van der Waals surface area (Å²) >= 11 is 5.87. The highest BCUT2D eigenvalue weighted by Gasteiger charge is 2.06. The van der Waals surface area contributed by atoms with Crippen LogP contribution in [0.25, 0.3) is 0 Å². The van der Waals surface area contributed by atoms with Crippen molar-refractivity contribution in [3.63, 3.8) is 0 Å². The van der Waals surface area contributed by atoms with Crippen LogP contribution in [0.1, 0.15) is 0 Å². The second-order valence-corrected chi connectivity index (χ2v) is 4.66. The average Bonchev–Trinajstić information content (AvgIpc) is 2.48. The van der Waals surface area contributed by atoms with Crippen LogP contribution in [0.15, 0.2) is 42.5 Å². The summed E-state index contributed by atoms with van der Waals surface area (Å²) in [6.45, 7) is -0.128. The summed E-state index contributed by atoms with van der Waals surface area (Å²) in [7, 11) is 1.56. The summed E-state index contributed by atoms with van der Waals surface area (Å²) < 4.78 is 10.4. The number of hydrogen-bond acceptors (Lipinski definition) is 4. The van der Waals surface area contributed by atoms with Crippen LogP contribution in [0.3, 0.4) is 0 Å². The Kier molecular flexibility index (Phi) is 4.90. The fourth-order valence-corrected chi connectivity index (χ4v) is 1.81. The SMILES string of the molecule is COc1cccc(NC(=O)COc2ccc(N)c(Cl)c2)c1. The summed E-state index contributed by atoms with van der Waals surface area (Å²) in [5, 5.41) is 3.10. The van der Waals surface area contributed by atoms with E-state index in [4.69, 9.17) is 26.8 Å². The maximum atomic E-state index is 11.8. The molecule has 2 rings (SSSR count). The van der Waals surface area contributed by atoms with E-state index < -0.39 is 0 Å². The van der Waals surface area contributed by atoms with E-state index in [9.17, 15) is 4.79 Å². The zero-order valence-corrected chi connectivity index (χ0v) is 12.2. The Morgan fingerprint density at radius 3 is 2.76 bits per heavy atom. The number of methoxy groups -OCH3 is 1. The topological polar surface area (TPSA) is 73.6 Å². The molecule has 0 atom stereocenters. The molecule has 0 radical (unpaired) electrons. The van der Waals surface area contributed by atoms with Gasteiger partial charge in [0.2, 0.25) is 0 Å². The second kappa shape index (κ2) is 6.85. The van der Waals surface area contributed by atoms with Crippen molar-refractivity contribution in [1.82, 2.24) is 0 Å². The molecular weight excluding hydrogens is 292 g/mol. The van der Waals surface area contributed by atoms with Crippen molar-refractivity contribution in [3.8, 4) is 11.5 Å². The molecule has 5 nitrogen and oxygen atoms in total. The molecular formula is C15H15ClN2O3. The van der Waals surface area contributed by atoms with Gasteiger partial charge in [0.25, 0.3) is 5.91 Å². The van der Waals surface area contributed by atoms with Crippen molar-refractivity contribution in [2.24, 2.45) is 0 Å². The molecule has 0 aromatic heterocycles. The Labute approximate surface area is 127 Å². The van der Waals surface area contributed by atoms with Gasteiger partial charge in [0.15, 0.2) is 6.61 Å². The van der Waals surface area contributed by atoms with Crippen molar-refractivity contribution in [1.29, 1.82) is 0 Å². The molecule has 2 aromatic carbocycles. The van der Waals surface area contributed by atoms with Crippen molar-refractivity contribution < 1.29 is 14.3 Å². The molecule has 110 valence electrons. The Hall–Kier alpha value is -2.40. The van der Waals surface area contributed by atoms with Crippen LogP contribution in [-0.2, 0) is 4.79 Å². The minimum Gasteiger partial charge on any atom is -0.497 e. The lowest BCUT2D eigenvalue weighted by molar-refractivity contribution is -0.118. The van der Waals surface area contributed by atoms with Crippen LogP contribution >= 0.6 is 11.6 Å². The maximum Gasteiger partial charge on any atom is 0.262 e. The van der Waals surface area contributed by atoms with Gasteiger partial charge in [-0.2, -0.15) is 0 Å². The smallest absolute Gasteiger partial charge is 0.262 e. The Morgan fingerprint density at radius 2 is 2.05 bits per heavy atom. The largest absolute Gasteiger partial charge is 0.497 e. The lowest BCUT2D eigenvalue weighted by atomic mass is 10.3. The predicted octanol–water partition coefficient (Wildman–Crippen LogP) is 2.95. The molecule has 0 saturated heterocycles. The van der Waals surface area contributed by atoms with Crippen LogP contribution in [0.4, 0.5) is 11.4 Å². The highest BCUT2D eigenvalue weighted by molar-refractivity contribution is 6.33. The molecule has 21 heavy (non-hydrogen) atoms. The number of benzene rings is 2.